The Labute approximate surface area is 207 Å². The Hall–Kier alpha value is -4.22. The first-order valence-electron chi connectivity index (χ1n) is 11.5. The summed E-state index contributed by atoms with van der Waals surface area (Å²) in [5.74, 6) is -0.800. The maximum absolute atomic E-state index is 13.1. The van der Waals surface area contributed by atoms with E-state index in [1.54, 1.807) is 24.0 Å². The van der Waals surface area contributed by atoms with Gasteiger partial charge >= 0.3 is 12.1 Å². The Bertz CT molecular complexity index is 1100. The highest BCUT2D eigenvalue weighted by Gasteiger charge is 2.35. The molecule has 12 heteroatoms. The molecule has 0 bridgehead atoms. The van der Waals surface area contributed by atoms with E-state index in [1.807, 2.05) is 0 Å². The zero-order valence-electron chi connectivity index (χ0n) is 19.9. The van der Waals surface area contributed by atoms with Crippen LogP contribution in [0.25, 0.3) is 0 Å². The summed E-state index contributed by atoms with van der Waals surface area (Å²) >= 11 is 0. The van der Waals surface area contributed by atoms with Gasteiger partial charge in [-0.05, 0) is 25.3 Å². The number of likely N-dealkylation sites (tertiary alicyclic amines) is 1. The monoisotopic (exact) mass is 500 g/mol. The molecule has 12 nitrogen and oxygen atoms in total. The average molecular weight is 501 g/mol. The van der Waals surface area contributed by atoms with Gasteiger partial charge in [-0.25, -0.2) is 9.59 Å². The quantitative estimate of drug-likeness (QED) is 0.212. The highest BCUT2D eigenvalue weighted by Crippen LogP contribution is 2.34. The minimum Gasteiger partial charge on any atom is -0.464 e. The molecule has 2 aromatic rings. The number of carbonyl (C=O) groups excluding carboxylic acids is 3. The van der Waals surface area contributed by atoms with Crippen LogP contribution in [0.4, 0.5) is 10.5 Å². The molecule has 2 amide bonds. The molecule has 1 aliphatic heterocycles. The van der Waals surface area contributed by atoms with Crippen LogP contribution in [-0.2, 0) is 31.9 Å². The SMILES string of the molecule is C=CCOC(=O)NC(Cc1conc1C1CCCN1C(=O)Cc1ccc([N+](=O)[O-])cc1)C(=O)OCC. The van der Waals surface area contributed by atoms with E-state index < -0.39 is 23.0 Å². The van der Waals surface area contributed by atoms with Gasteiger partial charge in [-0.2, -0.15) is 0 Å². The first kappa shape index (κ1) is 26.4. The lowest BCUT2D eigenvalue weighted by molar-refractivity contribution is -0.384. The van der Waals surface area contributed by atoms with Crippen LogP contribution < -0.4 is 5.32 Å². The van der Waals surface area contributed by atoms with Crippen LogP contribution in [0.15, 0.2) is 47.7 Å². The number of nitro groups is 1. The van der Waals surface area contributed by atoms with Crippen molar-refractivity contribution in [2.24, 2.45) is 0 Å². The number of benzene rings is 1. The van der Waals surface area contributed by atoms with Gasteiger partial charge in [-0.15, -0.1) is 0 Å². The predicted octanol–water partition coefficient (Wildman–Crippen LogP) is 2.88. The van der Waals surface area contributed by atoms with E-state index in [0.717, 1.165) is 6.42 Å². The summed E-state index contributed by atoms with van der Waals surface area (Å²) < 4.78 is 15.2. The molecule has 1 aliphatic rings. The zero-order valence-corrected chi connectivity index (χ0v) is 19.9. The predicted molar refractivity (Wildman–Crippen MR) is 126 cm³/mol. The lowest BCUT2D eigenvalue weighted by atomic mass is 10.0. The second-order valence-electron chi connectivity index (χ2n) is 8.11. The van der Waals surface area contributed by atoms with Crippen molar-refractivity contribution in [1.82, 2.24) is 15.4 Å². The molecule has 192 valence electrons. The van der Waals surface area contributed by atoms with E-state index in [4.69, 9.17) is 14.0 Å². The summed E-state index contributed by atoms with van der Waals surface area (Å²) in [6.07, 6.45) is 3.48. The minimum absolute atomic E-state index is 0.0200. The topological polar surface area (TPSA) is 154 Å². The Morgan fingerprint density at radius 2 is 2.08 bits per heavy atom. The molecule has 0 spiro atoms. The maximum atomic E-state index is 13.1. The van der Waals surface area contributed by atoms with E-state index in [0.29, 0.717) is 29.8 Å². The number of carbonyl (C=O) groups is 3. The lowest BCUT2D eigenvalue weighted by Crippen LogP contribution is -2.44. The molecule has 3 rings (SSSR count). The molecule has 1 N–H and O–H groups in total. The van der Waals surface area contributed by atoms with Crippen LogP contribution in [0.1, 0.15) is 42.6 Å². The third-order valence-corrected chi connectivity index (χ3v) is 5.69. The number of hydrogen-bond acceptors (Lipinski definition) is 9. The summed E-state index contributed by atoms with van der Waals surface area (Å²) in [5.41, 5.74) is 1.66. The van der Waals surface area contributed by atoms with E-state index in [-0.39, 0.29) is 43.7 Å². The molecule has 1 fully saturated rings. The second kappa shape index (κ2) is 12.5. The first-order valence-corrected chi connectivity index (χ1v) is 11.5. The van der Waals surface area contributed by atoms with Crippen LogP contribution in [0.3, 0.4) is 0 Å². The zero-order chi connectivity index (χ0) is 26.1. The second-order valence-corrected chi connectivity index (χ2v) is 8.11. The number of nitro benzene ring substituents is 1. The molecular weight excluding hydrogens is 472 g/mol. The van der Waals surface area contributed by atoms with Crippen LogP contribution in [0, 0.1) is 10.1 Å². The Morgan fingerprint density at radius 1 is 1.33 bits per heavy atom. The fraction of sp³-hybridized carbons (Fsp3) is 0.417. The number of alkyl carbamates (subject to hydrolysis) is 1. The van der Waals surface area contributed by atoms with E-state index in [1.165, 1.54) is 24.5 Å². The van der Waals surface area contributed by atoms with Gasteiger partial charge in [0.25, 0.3) is 5.69 Å². The maximum Gasteiger partial charge on any atom is 0.408 e. The third kappa shape index (κ3) is 6.68. The summed E-state index contributed by atoms with van der Waals surface area (Å²) in [6, 6.07) is 4.42. The number of nitrogens with zero attached hydrogens (tertiary/aromatic N) is 3. The van der Waals surface area contributed by atoms with Gasteiger partial charge in [0.1, 0.15) is 24.6 Å². The van der Waals surface area contributed by atoms with Crippen molar-refractivity contribution in [2.75, 3.05) is 19.8 Å². The summed E-state index contributed by atoms with van der Waals surface area (Å²) in [5, 5.41) is 17.5. The van der Waals surface area contributed by atoms with Crippen LogP contribution in [0.2, 0.25) is 0 Å². The Kier molecular flexibility index (Phi) is 9.14. The van der Waals surface area contributed by atoms with E-state index >= 15 is 0 Å². The Balaban J connectivity index is 1.73. The molecule has 2 unspecified atom stereocenters. The van der Waals surface area contributed by atoms with Crippen molar-refractivity contribution < 1.29 is 33.3 Å². The molecule has 36 heavy (non-hydrogen) atoms. The van der Waals surface area contributed by atoms with Gasteiger partial charge in [-0.1, -0.05) is 29.9 Å². The number of non-ortho nitro benzene ring substituents is 1. The van der Waals surface area contributed by atoms with E-state index in [9.17, 15) is 24.5 Å². The normalized spacial score (nSPS) is 15.7. The van der Waals surface area contributed by atoms with Crippen LogP contribution >= 0.6 is 0 Å². The van der Waals surface area contributed by atoms with Crippen molar-refractivity contribution in [1.29, 1.82) is 0 Å². The molecule has 2 heterocycles. The lowest BCUT2D eigenvalue weighted by Gasteiger charge is -2.24. The van der Waals surface area contributed by atoms with E-state index in [2.05, 4.69) is 17.1 Å². The average Bonchev–Trinajstić information content (AvgIpc) is 3.52. The van der Waals surface area contributed by atoms with Gasteiger partial charge in [0, 0.05) is 30.7 Å². The summed E-state index contributed by atoms with van der Waals surface area (Å²) in [7, 11) is 0. The highest BCUT2D eigenvalue weighted by molar-refractivity contribution is 5.82. The summed E-state index contributed by atoms with van der Waals surface area (Å²) in [6.45, 7) is 5.75. The number of rotatable bonds is 11. The fourth-order valence-corrected chi connectivity index (χ4v) is 4.03. The molecule has 1 aromatic carbocycles. The van der Waals surface area contributed by atoms with Gasteiger partial charge in [0.15, 0.2) is 0 Å². The third-order valence-electron chi connectivity index (χ3n) is 5.69. The number of ether oxygens (including phenoxy) is 2. The number of hydrogen-bond donors (Lipinski definition) is 1. The smallest absolute Gasteiger partial charge is 0.408 e. The fourth-order valence-electron chi connectivity index (χ4n) is 4.03. The van der Waals surface area contributed by atoms with Crippen molar-refractivity contribution >= 4 is 23.7 Å². The molecule has 2 atom stereocenters. The number of aromatic nitrogens is 1. The largest absolute Gasteiger partial charge is 0.464 e. The molecule has 0 aliphatic carbocycles. The minimum atomic E-state index is -1.05. The highest BCUT2D eigenvalue weighted by atomic mass is 16.6. The van der Waals surface area contributed by atoms with Gasteiger partial charge < -0.3 is 24.2 Å². The molecule has 1 saturated heterocycles. The number of esters is 1. The van der Waals surface area contributed by atoms with Gasteiger partial charge in [-0.3, -0.25) is 14.9 Å². The van der Waals surface area contributed by atoms with Gasteiger partial charge in [0.05, 0.1) is 24.0 Å². The summed E-state index contributed by atoms with van der Waals surface area (Å²) in [4.78, 5) is 49.7. The van der Waals surface area contributed by atoms with Crippen LogP contribution in [0.5, 0.6) is 0 Å². The van der Waals surface area contributed by atoms with Crippen molar-refractivity contribution in [3.8, 4) is 0 Å². The van der Waals surface area contributed by atoms with Crippen molar-refractivity contribution in [3.05, 3.63) is 70.1 Å². The number of amides is 2. The molecule has 0 saturated carbocycles. The molecule has 1 aromatic heterocycles. The van der Waals surface area contributed by atoms with Crippen molar-refractivity contribution in [3.63, 3.8) is 0 Å². The van der Waals surface area contributed by atoms with Crippen molar-refractivity contribution in [2.45, 2.75) is 44.7 Å². The van der Waals surface area contributed by atoms with Gasteiger partial charge in [0.2, 0.25) is 5.91 Å². The standard InChI is InChI=1S/C24H28N4O8/c1-3-12-35-24(31)25-19(23(30)34-4-2)14-17-15-36-26-22(17)20-6-5-11-27(20)21(29)13-16-7-9-18(10-8-16)28(32)33/h3,7-10,15,19-20H,1,4-6,11-14H2,2H3,(H,25,31). The van der Waals surface area contributed by atoms with Crippen LogP contribution in [-0.4, -0.2) is 58.7 Å². The number of nitrogens with one attached hydrogen (secondary N) is 1. The Morgan fingerprint density at radius 3 is 2.75 bits per heavy atom. The molecular formula is C24H28N4O8. The molecule has 0 radical (unpaired) electrons. The first-order chi connectivity index (χ1) is 17.3.